The molecule has 3 nitrogen and oxygen atoms in total. The summed E-state index contributed by atoms with van der Waals surface area (Å²) in [6.07, 6.45) is 0.540. The lowest BCUT2D eigenvalue weighted by Crippen LogP contribution is -2.80. The van der Waals surface area contributed by atoms with Gasteiger partial charge in [-0.2, -0.15) is 0 Å². The van der Waals surface area contributed by atoms with Gasteiger partial charge in [-0.1, -0.05) is 39.3 Å². The minimum absolute atomic E-state index is 0.540. The molecule has 0 amide bonds. The van der Waals surface area contributed by atoms with Crippen LogP contribution >= 0.6 is 0 Å². The van der Waals surface area contributed by atoms with Crippen LogP contribution < -0.4 is 0 Å². The highest BCUT2D eigenvalue weighted by atomic mass is 28.4. The Bertz CT molecular complexity index is 277. The molecule has 1 aliphatic rings. The maximum Gasteiger partial charge on any atom is 0.114 e. The van der Waals surface area contributed by atoms with Crippen LogP contribution in [0.4, 0.5) is 0 Å². The SMILES string of the molecule is CC(C)N1CN(C(C)C)C1N([Si](C)(C)C)[Si](C)(C)C. The third-order valence-corrected chi connectivity index (χ3v) is 11.3. The lowest BCUT2D eigenvalue weighted by atomic mass is 10.2. The molecule has 0 aromatic carbocycles. The van der Waals surface area contributed by atoms with Gasteiger partial charge in [0, 0.05) is 12.1 Å². The van der Waals surface area contributed by atoms with Crippen molar-refractivity contribution < 1.29 is 0 Å². The van der Waals surface area contributed by atoms with Crippen molar-refractivity contribution in [1.82, 2.24) is 14.0 Å². The van der Waals surface area contributed by atoms with Crippen molar-refractivity contribution in [3.63, 3.8) is 0 Å². The van der Waals surface area contributed by atoms with E-state index in [2.05, 4.69) is 81.0 Å². The fourth-order valence-electron chi connectivity index (χ4n) is 3.28. The summed E-state index contributed by atoms with van der Waals surface area (Å²) >= 11 is 0. The monoisotopic (exact) mass is 301 g/mol. The fraction of sp³-hybridized carbons (Fsp3) is 1.00. The Kier molecular flexibility index (Phi) is 5.12. The molecule has 0 spiro atoms. The van der Waals surface area contributed by atoms with Gasteiger partial charge in [-0.25, -0.2) is 0 Å². The predicted molar refractivity (Wildman–Crippen MR) is 91.1 cm³/mol. The van der Waals surface area contributed by atoms with Gasteiger partial charge in [-0.05, 0) is 27.7 Å². The number of nitrogens with zero attached hydrogens (tertiary/aromatic N) is 3. The van der Waals surface area contributed by atoms with Gasteiger partial charge in [0.25, 0.3) is 0 Å². The lowest BCUT2D eigenvalue weighted by molar-refractivity contribution is -0.177. The normalized spacial score (nSPS) is 20.7. The summed E-state index contributed by atoms with van der Waals surface area (Å²) in [7, 11) is -2.64. The lowest BCUT2D eigenvalue weighted by Gasteiger charge is -2.64. The van der Waals surface area contributed by atoms with Crippen LogP contribution in [0, 0.1) is 0 Å². The van der Waals surface area contributed by atoms with Crippen LogP contribution in [0.25, 0.3) is 0 Å². The average molecular weight is 302 g/mol. The summed E-state index contributed by atoms with van der Waals surface area (Å²) in [5.74, 6) is 0. The number of hydrogen-bond acceptors (Lipinski definition) is 3. The van der Waals surface area contributed by atoms with Crippen LogP contribution in [-0.4, -0.2) is 55.5 Å². The molecule has 0 radical (unpaired) electrons. The standard InChI is InChI=1S/C14H35N3Si2/c1-12(2)15-11-16(13(3)4)14(15)17(18(5,6)7)19(8,9)10/h12-14H,11H2,1-10H3. The smallest absolute Gasteiger partial charge is 0.114 e. The van der Waals surface area contributed by atoms with Crippen LogP contribution in [0.5, 0.6) is 0 Å². The van der Waals surface area contributed by atoms with Crippen LogP contribution in [0.1, 0.15) is 27.7 Å². The minimum atomic E-state index is -1.32. The number of hydrogen-bond donors (Lipinski definition) is 0. The molecule has 114 valence electrons. The largest absolute Gasteiger partial charge is 0.319 e. The Labute approximate surface area is 123 Å². The molecule has 0 aromatic rings. The Morgan fingerprint density at radius 3 is 1.32 bits per heavy atom. The average Bonchev–Trinajstić information content (AvgIpc) is 2.06. The third-order valence-electron chi connectivity index (χ3n) is 3.92. The summed E-state index contributed by atoms with van der Waals surface area (Å²) in [4.78, 5) is 5.33. The van der Waals surface area contributed by atoms with Gasteiger partial charge in [-0.15, -0.1) is 0 Å². The Hall–Kier alpha value is 0.314. The van der Waals surface area contributed by atoms with Crippen molar-refractivity contribution in [2.24, 2.45) is 0 Å². The first-order valence-electron chi connectivity index (χ1n) is 7.68. The van der Waals surface area contributed by atoms with Crippen molar-refractivity contribution in [2.75, 3.05) is 6.67 Å². The van der Waals surface area contributed by atoms with Gasteiger partial charge >= 0.3 is 0 Å². The molecule has 0 atom stereocenters. The van der Waals surface area contributed by atoms with Crippen LogP contribution in [0.2, 0.25) is 39.3 Å². The van der Waals surface area contributed by atoms with E-state index in [1.807, 2.05) is 0 Å². The van der Waals surface area contributed by atoms with E-state index in [0.717, 1.165) is 6.67 Å². The van der Waals surface area contributed by atoms with Crippen LogP contribution in [-0.2, 0) is 0 Å². The van der Waals surface area contributed by atoms with E-state index < -0.39 is 16.5 Å². The zero-order chi connectivity index (χ0) is 15.2. The molecule has 19 heavy (non-hydrogen) atoms. The van der Waals surface area contributed by atoms with Gasteiger partial charge in [0.05, 0.1) is 6.67 Å². The Morgan fingerprint density at radius 1 is 0.789 bits per heavy atom. The van der Waals surface area contributed by atoms with Crippen LogP contribution in [0.15, 0.2) is 0 Å². The van der Waals surface area contributed by atoms with Gasteiger partial charge < -0.3 is 4.23 Å². The van der Waals surface area contributed by atoms with E-state index in [0.29, 0.717) is 18.4 Å². The summed E-state index contributed by atoms with van der Waals surface area (Å²) < 4.78 is 2.93. The van der Waals surface area contributed by atoms with Gasteiger partial charge in [0.2, 0.25) is 0 Å². The summed E-state index contributed by atoms with van der Waals surface area (Å²) in [6.45, 7) is 25.5. The molecule has 0 bridgehead atoms. The third kappa shape index (κ3) is 3.70. The molecule has 1 heterocycles. The van der Waals surface area contributed by atoms with E-state index in [1.165, 1.54) is 0 Å². The molecule has 0 unspecified atom stereocenters. The Balaban J connectivity index is 3.10. The van der Waals surface area contributed by atoms with E-state index >= 15 is 0 Å². The van der Waals surface area contributed by atoms with Crippen molar-refractivity contribution in [3.05, 3.63) is 0 Å². The van der Waals surface area contributed by atoms with E-state index in [-0.39, 0.29) is 0 Å². The molecule has 0 aromatic heterocycles. The molecule has 0 N–H and O–H groups in total. The molecule has 5 heteroatoms. The van der Waals surface area contributed by atoms with Gasteiger partial charge in [-0.3, -0.25) is 9.80 Å². The van der Waals surface area contributed by atoms with Gasteiger partial charge in [0.15, 0.2) is 0 Å². The summed E-state index contributed by atoms with van der Waals surface area (Å²) in [5.41, 5.74) is 0. The maximum atomic E-state index is 2.93. The molecule has 0 aliphatic carbocycles. The molecule has 1 rings (SSSR count). The zero-order valence-corrected chi connectivity index (χ0v) is 16.8. The maximum absolute atomic E-state index is 2.93. The van der Waals surface area contributed by atoms with Crippen molar-refractivity contribution in [3.8, 4) is 0 Å². The zero-order valence-electron chi connectivity index (χ0n) is 14.8. The second kappa shape index (κ2) is 5.60. The summed E-state index contributed by atoms with van der Waals surface area (Å²) in [6, 6.07) is 1.27. The highest BCUT2D eigenvalue weighted by Crippen LogP contribution is 2.34. The highest BCUT2D eigenvalue weighted by molar-refractivity contribution is 6.89. The highest BCUT2D eigenvalue weighted by Gasteiger charge is 2.50. The molecule has 0 saturated carbocycles. The quantitative estimate of drug-likeness (QED) is 0.718. The van der Waals surface area contributed by atoms with Crippen molar-refractivity contribution >= 4 is 16.5 Å². The van der Waals surface area contributed by atoms with E-state index in [4.69, 9.17) is 0 Å². The number of rotatable bonds is 5. The minimum Gasteiger partial charge on any atom is -0.319 e. The van der Waals surface area contributed by atoms with Gasteiger partial charge in [0.1, 0.15) is 22.8 Å². The first-order valence-corrected chi connectivity index (χ1v) is 14.6. The van der Waals surface area contributed by atoms with Crippen molar-refractivity contribution in [1.29, 1.82) is 0 Å². The Morgan fingerprint density at radius 2 is 1.11 bits per heavy atom. The molecule has 1 aliphatic heterocycles. The molecule has 1 saturated heterocycles. The topological polar surface area (TPSA) is 9.72 Å². The van der Waals surface area contributed by atoms with Crippen LogP contribution in [0.3, 0.4) is 0 Å². The molecular weight excluding hydrogens is 266 g/mol. The first kappa shape index (κ1) is 17.4. The fourth-order valence-corrected chi connectivity index (χ4v) is 13.3. The predicted octanol–water partition coefficient (Wildman–Crippen LogP) is 3.63. The van der Waals surface area contributed by atoms with E-state index in [1.54, 1.807) is 0 Å². The van der Waals surface area contributed by atoms with E-state index in [9.17, 15) is 0 Å². The second-order valence-electron chi connectivity index (χ2n) is 8.42. The van der Waals surface area contributed by atoms with Crippen molar-refractivity contribution in [2.45, 2.75) is 85.4 Å². The summed E-state index contributed by atoms with van der Waals surface area (Å²) in [5, 5.41) is 0. The molecular formula is C14H35N3Si2. The molecule has 1 fully saturated rings. The second-order valence-corrected chi connectivity index (χ2v) is 18.5. The first-order chi connectivity index (χ1) is 8.37.